The Morgan fingerprint density at radius 2 is 2.05 bits per heavy atom. The van der Waals surface area contributed by atoms with Gasteiger partial charge in [-0.05, 0) is 12.1 Å². The quantitative estimate of drug-likeness (QED) is 0.908. The average molecular weight is 297 g/mol. The molecule has 0 bridgehead atoms. The third-order valence-corrected chi connectivity index (χ3v) is 3.39. The molecule has 1 N–H and O–H groups in total. The Balaban J connectivity index is 1.92. The summed E-state index contributed by atoms with van der Waals surface area (Å²) in [6.45, 7) is 1.63. The van der Waals surface area contributed by atoms with Crippen molar-refractivity contribution in [3.63, 3.8) is 0 Å². The first-order valence-corrected chi connectivity index (χ1v) is 6.67. The summed E-state index contributed by atoms with van der Waals surface area (Å²) >= 11 is 0. The number of nitrogens with zero attached hydrogens (tertiary/aromatic N) is 2. The summed E-state index contributed by atoms with van der Waals surface area (Å²) in [5.41, 5.74) is -0.178. The first kappa shape index (κ1) is 15.4. The van der Waals surface area contributed by atoms with Crippen molar-refractivity contribution in [3.8, 4) is 0 Å². The monoisotopic (exact) mass is 297 g/mol. The van der Waals surface area contributed by atoms with E-state index < -0.39 is 17.5 Å². The lowest BCUT2D eigenvalue weighted by atomic mass is 10.3. The Labute approximate surface area is 121 Å². The maximum absolute atomic E-state index is 13.4. The van der Waals surface area contributed by atoms with Gasteiger partial charge in [0.2, 0.25) is 11.8 Å². The molecule has 0 aliphatic carbocycles. The van der Waals surface area contributed by atoms with Gasteiger partial charge in [-0.25, -0.2) is 8.78 Å². The van der Waals surface area contributed by atoms with E-state index in [4.69, 9.17) is 0 Å². The molecule has 0 radical (unpaired) electrons. The number of likely N-dealkylation sites (N-methyl/N-ethyl adjacent to an activating group) is 1. The van der Waals surface area contributed by atoms with E-state index in [1.54, 1.807) is 11.9 Å². The number of carbonyl (C=O) groups excluding carboxylic acids is 2. The fourth-order valence-electron chi connectivity index (χ4n) is 2.12. The Hall–Kier alpha value is -2.02. The van der Waals surface area contributed by atoms with Crippen molar-refractivity contribution >= 4 is 17.5 Å². The van der Waals surface area contributed by atoms with Crippen LogP contribution in [0.5, 0.6) is 0 Å². The van der Waals surface area contributed by atoms with Crippen molar-refractivity contribution in [3.05, 3.63) is 29.8 Å². The van der Waals surface area contributed by atoms with Crippen LogP contribution in [0, 0.1) is 11.6 Å². The number of anilines is 1. The van der Waals surface area contributed by atoms with Gasteiger partial charge in [-0.3, -0.25) is 14.5 Å². The Kier molecular flexibility index (Phi) is 4.85. The molecule has 0 spiro atoms. The summed E-state index contributed by atoms with van der Waals surface area (Å²) in [7, 11) is 1.72. The van der Waals surface area contributed by atoms with Crippen LogP contribution >= 0.6 is 0 Å². The van der Waals surface area contributed by atoms with Crippen LogP contribution in [0.2, 0.25) is 0 Å². The van der Waals surface area contributed by atoms with E-state index in [1.165, 1.54) is 0 Å². The topological polar surface area (TPSA) is 52.6 Å². The van der Waals surface area contributed by atoms with Gasteiger partial charge in [0, 0.05) is 39.2 Å². The summed E-state index contributed by atoms with van der Waals surface area (Å²) in [4.78, 5) is 26.8. The van der Waals surface area contributed by atoms with Crippen molar-refractivity contribution in [1.82, 2.24) is 9.80 Å². The molecule has 1 saturated heterocycles. The summed E-state index contributed by atoms with van der Waals surface area (Å²) in [6.07, 6.45) is 0.345. The molecular weight excluding hydrogens is 280 g/mol. The number of nitrogens with one attached hydrogen (secondary N) is 1. The minimum Gasteiger partial charge on any atom is -0.344 e. The zero-order chi connectivity index (χ0) is 15.4. The molecular formula is C14H17F2N3O2. The van der Waals surface area contributed by atoms with Gasteiger partial charge in [-0.15, -0.1) is 0 Å². The highest BCUT2D eigenvalue weighted by molar-refractivity contribution is 5.92. The number of hydrogen-bond donors (Lipinski definition) is 1. The Bertz CT molecular complexity index is 551. The lowest BCUT2D eigenvalue weighted by molar-refractivity contribution is -0.129. The van der Waals surface area contributed by atoms with Crippen LogP contribution in [0.3, 0.4) is 0 Å². The molecule has 1 aromatic carbocycles. The van der Waals surface area contributed by atoms with Crippen LogP contribution in [-0.2, 0) is 9.59 Å². The number of hydrogen-bond acceptors (Lipinski definition) is 3. The fourth-order valence-corrected chi connectivity index (χ4v) is 2.12. The highest BCUT2D eigenvalue weighted by Gasteiger charge is 2.20. The van der Waals surface area contributed by atoms with Gasteiger partial charge >= 0.3 is 0 Å². The Morgan fingerprint density at radius 3 is 2.81 bits per heavy atom. The highest BCUT2D eigenvalue weighted by atomic mass is 19.1. The van der Waals surface area contributed by atoms with E-state index in [9.17, 15) is 18.4 Å². The second kappa shape index (κ2) is 6.62. The van der Waals surface area contributed by atoms with Crippen molar-refractivity contribution in [2.24, 2.45) is 0 Å². The maximum atomic E-state index is 13.4. The standard InChI is InChI=1S/C14H17F2N3O2/c1-18-6-7-19(5-4-14(18)21)9-13(20)17-12-8-10(15)2-3-11(12)16/h2-3,8H,4-7,9H2,1H3,(H,17,20). The van der Waals surface area contributed by atoms with Gasteiger partial charge in [0.05, 0.1) is 12.2 Å². The zero-order valence-corrected chi connectivity index (χ0v) is 11.7. The van der Waals surface area contributed by atoms with Crippen molar-refractivity contribution in [2.75, 3.05) is 38.5 Å². The van der Waals surface area contributed by atoms with Gasteiger partial charge in [0.1, 0.15) is 11.6 Å². The molecule has 1 aromatic rings. The van der Waals surface area contributed by atoms with E-state index in [1.807, 2.05) is 4.90 Å². The maximum Gasteiger partial charge on any atom is 0.238 e. The molecule has 114 valence electrons. The van der Waals surface area contributed by atoms with Gasteiger partial charge in [-0.2, -0.15) is 0 Å². The molecule has 21 heavy (non-hydrogen) atoms. The first-order valence-electron chi connectivity index (χ1n) is 6.67. The second-order valence-electron chi connectivity index (χ2n) is 5.01. The van der Waals surface area contributed by atoms with Crippen molar-refractivity contribution < 1.29 is 18.4 Å². The molecule has 1 fully saturated rings. The van der Waals surface area contributed by atoms with Crippen molar-refractivity contribution in [1.29, 1.82) is 0 Å². The number of carbonyl (C=O) groups is 2. The number of benzene rings is 1. The molecule has 0 atom stereocenters. The largest absolute Gasteiger partial charge is 0.344 e. The molecule has 1 aliphatic heterocycles. The summed E-state index contributed by atoms with van der Waals surface area (Å²) in [5, 5.41) is 2.35. The summed E-state index contributed by atoms with van der Waals surface area (Å²) in [6, 6.07) is 2.89. The van der Waals surface area contributed by atoms with Crippen LogP contribution in [0.25, 0.3) is 0 Å². The number of halogens is 2. The van der Waals surface area contributed by atoms with E-state index in [0.29, 0.717) is 26.1 Å². The summed E-state index contributed by atoms with van der Waals surface area (Å²) in [5.74, 6) is -1.70. The predicted octanol–water partition coefficient (Wildman–Crippen LogP) is 1.07. The minimum absolute atomic E-state index is 0.0362. The molecule has 0 aromatic heterocycles. The molecule has 1 heterocycles. The van der Waals surface area contributed by atoms with Crippen LogP contribution in [0.15, 0.2) is 18.2 Å². The average Bonchev–Trinajstić information content (AvgIpc) is 2.58. The third kappa shape index (κ3) is 4.22. The Morgan fingerprint density at radius 1 is 1.29 bits per heavy atom. The van der Waals surface area contributed by atoms with E-state index >= 15 is 0 Å². The summed E-state index contributed by atoms with van der Waals surface area (Å²) < 4.78 is 26.5. The molecule has 7 heteroatoms. The third-order valence-electron chi connectivity index (χ3n) is 3.39. The van der Waals surface area contributed by atoms with Crippen LogP contribution in [0.1, 0.15) is 6.42 Å². The fraction of sp³-hybridized carbons (Fsp3) is 0.429. The molecule has 0 unspecified atom stereocenters. The van der Waals surface area contributed by atoms with Gasteiger partial charge < -0.3 is 10.2 Å². The number of amides is 2. The second-order valence-corrected chi connectivity index (χ2v) is 5.01. The van der Waals surface area contributed by atoms with E-state index in [0.717, 1.165) is 18.2 Å². The number of rotatable bonds is 3. The normalized spacial score (nSPS) is 16.7. The van der Waals surface area contributed by atoms with E-state index in [-0.39, 0.29) is 18.1 Å². The lowest BCUT2D eigenvalue weighted by Crippen LogP contribution is -2.36. The molecule has 2 amide bonds. The van der Waals surface area contributed by atoms with Crippen LogP contribution < -0.4 is 5.32 Å². The van der Waals surface area contributed by atoms with Gasteiger partial charge in [0.15, 0.2) is 0 Å². The van der Waals surface area contributed by atoms with Crippen molar-refractivity contribution in [2.45, 2.75) is 6.42 Å². The SMILES string of the molecule is CN1CCN(CC(=O)Nc2cc(F)ccc2F)CCC1=O. The zero-order valence-electron chi connectivity index (χ0n) is 11.7. The molecule has 2 rings (SSSR count). The molecule has 0 saturated carbocycles. The predicted molar refractivity (Wildman–Crippen MR) is 73.7 cm³/mol. The molecule has 5 nitrogen and oxygen atoms in total. The highest BCUT2D eigenvalue weighted by Crippen LogP contribution is 2.15. The smallest absolute Gasteiger partial charge is 0.238 e. The lowest BCUT2D eigenvalue weighted by Gasteiger charge is -2.19. The van der Waals surface area contributed by atoms with Gasteiger partial charge in [-0.1, -0.05) is 0 Å². The van der Waals surface area contributed by atoms with Crippen LogP contribution in [-0.4, -0.2) is 54.8 Å². The van der Waals surface area contributed by atoms with Crippen LogP contribution in [0.4, 0.5) is 14.5 Å². The molecule has 1 aliphatic rings. The minimum atomic E-state index is -0.685. The van der Waals surface area contributed by atoms with E-state index in [2.05, 4.69) is 5.32 Å². The first-order chi connectivity index (χ1) is 9.95. The van der Waals surface area contributed by atoms with Gasteiger partial charge in [0.25, 0.3) is 0 Å².